The van der Waals surface area contributed by atoms with E-state index in [0.29, 0.717) is 16.7 Å². The van der Waals surface area contributed by atoms with Crippen LogP contribution < -0.4 is 0 Å². The number of esters is 1. The highest BCUT2D eigenvalue weighted by molar-refractivity contribution is 6.34. The molecule has 0 fully saturated rings. The van der Waals surface area contributed by atoms with Gasteiger partial charge in [-0.1, -0.05) is 61.5 Å². The molecule has 0 heterocycles. The minimum absolute atomic E-state index is 0.198. The molecule has 0 aliphatic heterocycles. The summed E-state index contributed by atoms with van der Waals surface area (Å²) in [4.78, 5) is 38.9. The van der Waals surface area contributed by atoms with E-state index >= 15 is 0 Å². The van der Waals surface area contributed by atoms with Gasteiger partial charge in [-0.2, -0.15) is 0 Å². The van der Waals surface area contributed by atoms with Crippen LogP contribution in [0, 0.1) is 5.92 Å². The van der Waals surface area contributed by atoms with E-state index in [-0.39, 0.29) is 18.2 Å². The number of ether oxygens (including phenoxy) is 1. The third-order valence-electron chi connectivity index (χ3n) is 4.65. The fourth-order valence-electron chi connectivity index (χ4n) is 3.46. The molecule has 1 aliphatic carbocycles. The topological polar surface area (TPSA) is 60.4 Å². The van der Waals surface area contributed by atoms with Gasteiger partial charge in [0.2, 0.25) is 0 Å². The Kier molecular flexibility index (Phi) is 4.06. The van der Waals surface area contributed by atoms with Gasteiger partial charge in [0.25, 0.3) is 0 Å². The summed E-state index contributed by atoms with van der Waals surface area (Å²) in [6.45, 7) is 3.49. The SMILES string of the molecule is CCOC(=O)[C@H](C)C1(c2ccccc2)C(=O)c2ccccc2C1=O. The highest BCUT2D eigenvalue weighted by Crippen LogP contribution is 2.45. The lowest BCUT2D eigenvalue weighted by Crippen LogP contribution is -2.48. The van der Waals surface area contributed by atoms with Crippen LogP contribution in [-0.4, -0.2) is 24.1 Å². The molecular weight excluding hydrogens is 304 g/mol. The molecule has 4 nitrogen and oxygen atoms in total. The highest BCUT2D eigenvalue weighted by Gasteiger charge is 2.59. The average molecular weight is 322 g/mol. The quantitative estimate of drug-likeness (QED) is 0.640. The second-order valence-electron chi connectivity index (χ2n) is 5.85. The van der Waals surface area contributed by atoms with Crippen molar-refractivity contribution >= 4 is 17.5 Å². The number of hydrogen-bond donors (Lipinski definition) is 0. The molecule has 2 aromatic rings. The number of rotatable bonds is 4. The predicted octanol–water partition coefficient (Wildman–Crippen LogP) is 3.20. The molecule has 2 aromatic carbocycles. The standard InChI is InChI=1S/C20H18O4/c1-3-24-19(23)13(2)20(14-9-5-4-6-10-14)17(21)15-11-7-8-12-16(15)18(20)22/h4-13H,3H2,1-2H3/t13-/m0/s1. The first-order chi connectivity index (χ1) is 11.5. The predicted molar refractivity (Wildman–Crippen MR) is 89.0 cm³/mol. The molecule has 0 radical (unpaired) electrons. The fraction of sp³-hybridized carbons (Fsp3) is 0.250. The van der Waals surface area contributed by atoms with Gasteiger partial charge >= 0.3 is 5.97 Å². The molecule has 122 valence electrons. The zero-order valence-corrected chi connectivity index (χ0v) is 13.6. The van der Waals surface area contributed by atoms with Gasteiger partial charge in [0.05, 0.1) is 12.5 Å². The van der Waals surface area contributed by atoms with Crippen LogP contribution in [0.1, 0.15) is 40.1 Å². The van der Waals surface area contributed by atoms with Crippen molar-refractivity contribution in [1.29, 1.82) is 0 Å². The van der Waals surface area contributed by atoms with Crippen LogP contribution in [0.15, 0.2) is 54.6 Å². The highest BCUT2D eigenvalue weighted by atomic mass is 16.5. The minimum atomic E-state index is -1.56. The summed E-state index contributed by atoms with van der Waals surface area (Å²) >= 11 is 0. The van der Waals surface area contributed by atoms with Crippen molar-refractivity contribution in [3.05, 3.63) is 71.3 Å². The Morgan fingerprint density at radius 2 is 1.46 bits per heavy atom. The van der Waals surface area contributed by atoms with Crippen molar-refractivity contribution in [3.8, 4) is 0 Å². The summed E-state index contributed by atoms with van der Waals surface area (Å²) in [7, 11) is 0. The summed E-state index contributed by atoms with van der Waals surface area (Å²) in [6, 6.07) is 15.5. The molecule has 1 atom stereocenters. The molecular formula is C20H18O4. The smallest absolute Gasteiger partial charge is 0.310 e. The van der Waals surface area contributed by atoms with Gasteiger partial charge in [-0.15, -0.1) is 0 Å². The molecule has 0 spiro atoms. The maximum absolute atomic E-state index is 13.3. The molecule has 3 rings (SSSR count). The van der Waals surface area contributed by atoms with Crippen LogP contribution in [0.2, 0.25) is 0 Å². The van der Waals surface area contributed by atoms with E-state index in [1.54, 1.807) is 62.4 Å². The number of carbonyl (C=O) groups is 3. The van der Waals surface area contributed by atoms with Crippen molar-refractivity contribution in [1.82, 2.24) is 0 Å². The van der Waals surface area contributed by atoms with E-state index < -0.39 is 17.3 Å². The molecule has 0 amide bonds. The normalized spacial score (nSPS) is 16.6. The first kappa shape index (κ1) is 16.1. The molecule has 0 bridgehead atoms. The van der Waals surface area contributed by atoms with E-state index in [0.717, 1.165) is 0 Å². The Hall–Kier alpha value is -2.75. The van der Waals surface area contributed by atoms with Gasteiger partial charge in [-0.25, -0.2) is 0 Å². The number of Topliss-reactive ketones (excluding diaryl/α,β-unsaturated/α-hetero) is 2. The van der Waals surface area contributed by atoms with Crippen molar-refractivity contribution in [2.45, 2.75) is 19.3 Å². The Morgan fingerprint density at radius 3 is 1.96 bits per heavy atom. The summed E-state index contributed by atoms with van der Waals surface area (Å²) in [5, 5.41) is 0. The van der Waals surface area contributed by atoms with Gasteiger partial charge in [0, 0.05) is 11.1 Å². The Labute approximate surface area is 140 Å². The van der Waals surface area contributed by atoms with E-state index in [9.17, 15) is 14.4 Å². The van der Waals surface area contributed by atoms with Crippen molar-refractivity contribution in [3.63, 3.8) is 0 Å². The first-order valence-corrected chi connectivity index (χ1v) is 7.96. The molecule has 0 saturated heterocycles. The van der Waals surface area contributed by atoms with Crippen LogP contribution in [-0.2, 0) is 14.9 Å². The number of fused-ring (bicyclic) bond motifs is 1. The summed E-state index contributed by atoms with van der Waals surface area (Å²) in [5.74, 6) is -2.13. The van der Waals surface area contributed by atoms with E-state index in [1.807, 2.05) is 6.07 Å². The largest absolute Gasteiger partial charge is 0.466 e. The molecule has 1 aliphatic rings. The van der Waals surface area contributed by atoms with Crippen molar-refractivity contribution in [2.24, 2.45) is 5.92 Å². The van der Waals surface area contributed by atoms with Gasteiger partial charge in [0.1, 0.15) is 5.41 Å². The van der Waals surface area contributed by atoms with Crippen molar-refractivity contribution in [2.75, 3.05) is 6.61 Å². The van der Waals surface area contributed by atoms with Gasteiger partial charge < -0.3 is 4.74 Å². The second-order valence-corrected chi connectivity index (χ2v) is 5.85. The van der Waals surface area contributed by atoms with Crippen LogP contribution in [0.25, 0.3) is 0 Å². The van der Waals surface area contributed by atoms with E-state index in [2.05, 4.69) is 0 Å². The first-order valence-electron chi connectivity index (χ1n) is 7.96. The Morgan fingerprint density at radius 1 is 0.958 bits per heavy atom. The average Bonchev–Trinajstić information content (AvgIpc) is 2.84. The minimum Gasteiger partial charge on any atom is -0.466 e. The molecule has 24 heavy (non-hydrogen) atoms. The summed E-state index contributed by atoms with van der Waals surface area (Å²) in [6.07, 6.45) is 0. The lowest BCUT2D eigenvalue weighted by atomic mass is 9.67. The molecule has 0 unspecified atom stereocenters. The number of ketones is 2. The van der Waals surface area contributed by atoms with E-state index in [4.69, 9.17) is 4.74 Å². The molecule has 0 N–H and O–H groups in total. The maximum Gasteiger partial charge on any atom is 0.310 e. The second kappa shape index (κ2) is 6.04. The zero-order chi connectivity index (χ0) is 17.3. The van der Waals surface area contributed by atoms with Crippen LogP contribution >= 0.6 is 0 Å². The Bertz CT molecular complexity index is 772. The number of carbonyl (C=O) groups excluding carboxylic acids is 3. The molecule has 0 aromatic heterocycles. The maximum atomic E-state index is 13.3. The van der Waals surface area contributed by atoms with Crippen LogP contribution in [0.4, 0.5) is 0 Å². The monoisotopic (exact) mass is 322 g/mol. The molecule has 0 saturated carbocycles. The number of hydrogen-bond acceptors (Lipinski definition) is 4. The zero-order valence-electron chi connectivity index (χ0n) is 13.6. The van der Waals surface area contributed by atoms with Crippen LogP contribution in [0.5, 0.6) is 0 Å². The Balaban J connectivity index is 2.24. The lowest BCUT2D eigenvalue weighted by Gasteiger charge is -2.31. The summed E-state index contributed by atoms with van der Waals surface area (Å²) in [5.41, 5.74) is -0.307. The van der Waals surface area contributed by atoms with Crippen LogP contribution in [0.3, 0.4) is 0 Å². The van der Waals surface area contributed by atoms with Crippen molar-refractivity contribution < 1.29 is 19.1 Å². The molecule has 4 heteroatoms. The lowest BCUT2D eigenvalue weighted by molar-refractivity contribution is -0.148. The third-order valence-corrected chi connectivity index (χ3v) is 4.65. The fourth-order valence-corrected chi connectivity index (χ4v) is 3.46. The summed E-state index contributed by atoms with van der Waals surface area (Å²) < 4.78 is 5.11. The third kappa shape index (κ3) is 2.10. The van der Waals surface area contributed by atoms with Gasteiger partial charge in [-0.05, 0) is 12.5 Å². The van der Waals surface area contributed by atoms with Gasteiger partial charge in [0.15, 0.2) is 11.6 Å². The number of benzene rings is 2. The van der Waals surface area contributed by atoms with E-state index in [1.165, 1.54) is 0 Å². The van der Waals surface area contributed by atoms with Gasteiger partial charge in [-0.3, -0.25) is 14.4 Å².